The first-order valence-electron chi connectivity index (χ1n) is 6.95. The summed E-state index contributed by atoms with van der Waals surface area (Å²) in [7, 11) is 0. The molecule has 0 spiro atoms. The van der Waals surface area contributed by atoms with Crippen LogP contribution in [0.4, 0.5) is 0 Å². The first kappa shape index (κ1) is 16.5. The molecule has 0 aliphatic carbocycles. The van der Waals surface area contributed by atoms with Gasteiger partial charge in [-0.05, 0) is 26.3 Å². The van der Waals surface area contributed by atoms with E-state index in [0.717, 1.165) is 19.4 Å². The van der Waals surface area contributed by atoms with E-state index >= 15 is 0 Å². The molecule has 0 aromatic rings. The van der Waals surface area contributed by atoms with Crippen molar-refractivity contribution >= 4 is 5.78 Å². The Morgan fingerprint density at radius 1 is 1.21 bits per heavy atom. The zero-order valence-corrected chi connectivity index (χ0v) is 11.7. The number of Topliss-reactive ketones (excluding diaryl/α,β-unsaturated/α-hetero) is 1. The van der Waals surface area contributed by atoms with Crippen molar-refractivity contribution in [3.05, 3.63) is 0 Å². The number of piperidine rings is 1. The summed E-state index contributed by atoms with van der Waals surface area (Å²) in [5, 5.41) is 3.19. The number of rotatable bonds is 10. The van der Waals surface area contributed by atoms with Gasteiger partial charge in [-0.2, -0.15) is 0 Å². The van der Waals surface area contributed by atoms with Crippen molar-refractivity contribution in [2.24, 2.45) is 5.73 Å². The molecule has 3 N–H and O–H groups in total. The Balaban J connectivity index is 1.95. The predicted octanol–water partition coefficient (Wildman–Crippen LogP) is -0.295. The van der Waals surface area contributed by atoms with E-state index < -0.39 is 0 Å². The summed E-state index contributed by atoms with van der Waals surface area (Å²) in [4.78, 5) is 11.3. The Kier molecular flexibility index (Phi) is 8.94. The maximum atomic E-state index is 11.3. The van der Waals surface area contributed by atoms with E-state index in [1.54, 1.807) is 6.92 Å². The Hall–Kier alpha value is -0.530. The number of ether oxygens (including phenoxy) is 3. The minimum atomic E-state index is -0.0515. The van der Waals surface area contributed by atoms with Crippen LogP contribution >= 0.6 is 0 Å². The van der Waals surface area contributed by atoms with Gasteiger partial charge >= 0.3 is 0 Å². The van der Waals surface area contributed by atoms with Gasteiger partial charge in [-0.1, -0.05) is 0 Å². The standard InChI is InChI=1S/C13H26N2O4/c1-11(16)13-10-12(2-4-15-13)19-9-8-18-7-6-17-5-3-14/h12-13,15H,2-10,14H2,1H3/t12-,13+/m1/s1. The molecule has 6 heteroatoms. The van der Waals surface area contributed by atoms with Gasteiger partial charge < -0.3 is 25.3 Å². The van der Waals surface area contributed by atoms with E-state index in [-0.39, 0.29) is 17.9 Å². The molecule has 1 rings (SSSR count). The van der Waals surface area contributed by atoms with Gasteiger partial charge in [0.05, 0.1) is 45.2 Å². The van der Waals surface area contributed by atoms with Crippen LogP contribution in [0.5, 0.6) is 0 Å². The summed E-state index contributed by atoms with van der Waals surface area (Å²) in [6.45, 7) is 5.81. The van der Waals surface area contributed by atoms with Crippen molar-refractivity contribution < 1.29 is 19.0 Å². The molecular formula is C13H26N2O4. The Bertz CT molecular complexity index is 251. The van der Waals surface area contributed by atoms with Gasteiger partial charge in [-0.3, -0.25) is 4.79 Å². The zero-order chi connectivity index (χ0) is 13.9. The quantitative estimate of drug-likeness (QED) is 0.532. The zero-order valence-electron chi connectivity index (χ0n) is 11.7. The van der Waals surface area contributed by atoms with Crippen molar-refractivity contribution in [3.8, 4) is 0 Å². The van der Waals surface area contributed by atoms with Crippen LogP contribution in [0.15, 0.2) is 0 Å². The number of nitrogens with two attached hydrogens (primary N) is 1. The molecule has 0 radical (unpaired) electrons. The second kappa shape index (κ2) is 10.3. The molecule has 1 saturated heterocycles. The highest BCUT2D eigenvalue weighted by molar-refractivity contribution is 5.81. The van der Waals surface area contributed by atoms with Gasteiger partial charge in [0.15, 0.2) is 0 Å². The molecule has 0 saturated carbocycles. The van der Waals surface area contributed by atoms with Crippen LogP contribution in [0.25, 0.3) is 0 Å². The van der Waals surface area contributed by atoms with E-state index in [4.69, 9.17) is 19.9 Å². The summed E-state index contributed by atoms with van der Waals surface area (Å²) in [6, 6.07) is -0.0515. The number of ketones is 1. The van der Waals surface area contributed by atoms with Crippen LogP contribution in [0.2, 0.25) is 0 Å². The third-order valence-electron chi connectivity index (χ3n) is 3.06. The molecule has 1 aliphatic rings. The largest absolute Gasteiger partial charge is 0.378 e. The lowest BCUT2D eigenvalue weighted by molar-refractivity contribution is -0.121. The third-order valence-corrected chi connectivity index (χ3v) is 3.06. The Labute approximate surface area is 115 Å². The number of carbonyl (C=O) groups excluding carboxylic acids is 1. The van der Waals surface area contributed by atoms with Crippen LogP contribution in [-0.4, -0.2) is 64.1 Å². The lowest BCUT2D eigenvalue weighted by Gasteiger charge is -2.28. The topological polar surface area (TPSA) is 82.8 Å². The van der Waals surface area contributed by atoms with Crippen molar-refractivity contribution in [3.63, 3.8) is 0 Å². The molecule has 112 valence electrons. The van der Waals surface area contributed by atoms with Gasteiger partial charge in [0.2, 0.25) is 0 Å². The van der Waals surface area contributed by atoms with Crippen molar-refractivity contribution in [2.45, 2.75) is 31.9 Å². The maximum absolute atomic E-state index is 11.3. The normalized spacial score (nSPS) is 23.5. The molecule has 1 heterocycles. The van der Waals surface area contributed by atoms with Crippen LogP contribution in [0.1, 0.15) is 19.8 Å². The molecule has 0 aromatic heterocycles. The van der Waals surface area contributed by atoms with Gasteiger partial charge in [0.25, 0.3) is 0 Å². The van der Waals surface area contributed by atoms with Gasteiger partial charge in [0.1, 0.15) is 5.78 Å². The van der Waals surface area contributed by atoms with Gasteiger partial charge in [-0.15, -0.1) is 0 Å². The third kappa shape index (κ3) is 7.59. The first-order valence-corrected chi connectivity index (χ1v) is 6.95. The minimum absolute atomic E-state index is 0.0515. The number of carbonyl (C=O) groups is 1. The lowest BCUT2D eigenvalue weighted by Crippen LogP contribution is -2.45. The molecule has 2 atom stereocenters. The predicted molar refractivity (Wildman–Crippen MR) is 72.1 cm³/mol. The number of hydrogen-bond donors (Lipinski definition) is 2. The van der Waals surface area contributed by atoms with Crippen molar-refractivity contribution in [2.75, 3.05) is 46.1 Å². The average Bonchev–Trinajstić information content (AvgIpc) is 2.42. The van der Waals surface area contributed by atoms with E-state index in [0.29, 0.717) is 39.6 Å². The van der Waals surface area contributed by atoms with Gasteiger partial charge in [0, 0.05) is 6.54 Å². The molecule has 0 bridgehead atoms. The molecular weight excluding hydrogens is 248 g/mol. The van der Waals surface area contributed by atoms with E-state index in [1.807, 2.05) is 0 Å². The van der Waals surface area contributed by atoms with Crippen LogP contribution in [-0.2, 0) is 19.0 Å². The van der Waals surface area contributed by atoms with Crippen molar-refractivity contribution in [1.82, 2.24) is 5.32 Å². The van der Waals surface area contributed by atoms with Gasteiger partial charge in [-0.25, -0.2) is 0 Å². The monoisotopic (exact) mass is 274 g/mol. The fourth-order valence-corrected chi connectivity index (χ4v) is 2.02. The van der Waals surface area contributed by atoms with Crippen molar-refractivity contribution in [1.29, 1.82) is 0 Å². The highest BCUT2D eigenvalue weighted by Crippen LogP contribution is 2.12. The highest BCUT2D eigenvalue weighted by atomic mass is 16.5. The molecule has 1 aliphatic heterocycles. The summed E-state index contributed by atoms with van der Waals surface area (Å²) in [6.07, 6.45) is 1.87. The molecule has 1 fully saturated rings. The second-order valence-electron chi connectivity index (χ2n) is 4.65. The van der Waals surface area contributed by atoms with E-state index in [1.165, 1.54) is 0 Å². The Morgan fingerprint density at radius 2 is 1.89 bits per heavy atom. The fraction of sp³-hybridized carbons (Fsp3) is 0.923. The molecule has 0 amide bonds. The molecule has 0 aromatic carbocycles. The van der Waals surface area contributed by atoms with E-state index in [2.05, 4.69) is 5.32 Å². The summed E-state index contributed by atoms with van der Waals surface area (Å²) >= 11 is 0. The summed E-state index contributed by atoms with van der Waals surface area (Å²) in [5.41, 5.74) is 5.29. The van der Waals surface area contributed by atoms with E-state index in [9.17, 15) is 4.79 Å². The minimum Gasteiger partial charge on any atom is -0.378 e. The number of nitrogens with one attached hydrogen (secondary N) is 1. The Morgan fingerprint density at radius 3 is 2.58 bits per heavy atom. The smallest absolute Gasteiger partial charge is 0.146 e. The maximum Gasteiger partial charge on any atom is 0.146 e. The molecule has 0 unspecified atom stereocenters. The molecule has 6 nitrogen and oxygen atoms in total. The van der Waals surface area contributed by atoms with Crippen LogP contribution < -0.4 is 11.1 Å². The highest BCUT2D eigenvalue weighted by Gasteiger charge is 2.24. The van der Waals surface area contributed by atoms with Crippen LogP contribution in [0, 0.1) is 0 Å². The second-order valence-corrected chi connectivity index (χ2v) is 4.65. The fourth-order valence-electron chi connectivity index (χ4n) is 2.02. The molecule has 19 heavy (non-hydrogen) atoms. The number of hydrogen-bond acceptors (Lipinski definition) is 6. The first-order chi connectivity index (χ1) is 9.24. The van der Waals surface area contributed by atoms with Crippen LogP contribution in [0.3, 0.4) is 0 Å². The average molecular weight is 274 g/mol. The SMILES string of the molecule is CC(=O)[C@@H]1C[C@H](OCCOCCOCCN)CCN1. The lowest BCUT2D eigenvalue weighted by atomic mass is 9.99. The summed E-state index contributed by atoms with van der Waals surface area (Å²) < 4.78 is 16.3. The summed E-state index contributed by atoms with van der Waals surface area (Å²) in [5.74, 6) is 0.182.